The first-order valence-electron chi connectivity index (χ1n) is 9.52. The molecule has 2 aliphatic heterocycles. The molecule has 5 nitrogen and oxygen atoms in total. The van der Waals surface area contributed by atoms with Gasteiger partial charge in [0.25, 0.3) is 5.91 Å². The van der Waals surface area contributed by atoms with Gasteiger partial charge in [0.1, 0.15) is 17.0 Å². The average molecular weight is 393 g/mol. The molecule has 2 aliphatic rings. The first-order valence-corrected chi connectivity index (χ1v) is 9.52. The third kappa shape index (κ3) is 3.53. The maximum absolute atomic E-state index is 13.2. The van der Waals surface area contributed by atoms with Crippen molar-refractivity contribution in [2.75, 3.05) is 26.2 Å². The van der Waals surface area contributed by atoms with Crippen LogP contribution in [0.4, 0.5) is 13.2 Å². The molecule has 1 aromatic carbocycles. The quantitative estimate of drug-likeness (QED) is 0.775. The van der Waals surface area contributed by atoms with Crippen LogP contribution in [0.25, 0.3) is 11.3 Å². The van der Waals surface area contributed by atoms with Crippen LogP contribution in [-0.4, -0.2) is 53.1 Å². The van der Waals surface area contributed by atoms with E-state index >= 15 is 0 Å². The van der Waals surface area contributed by atoms with Gasteiger partial charge in [-0.1, -0.05) is 23.7 Å². The van der Waals surface area contributed by atoms with Gasteiger partial charge in [0.2, 0.25) is 0 Å². The summed E-state index contributed by atoms with van der Waals surface area (Å²) in [6, 6.07) is 5.02. The SMILES string of the molecule is Cc1onc(-c2ccc(C(F)(F)F)cc2)c1C(=O)N1CCN2CCCCC2C1. The highest BCUT2D eigenvalue weighted by Gasteiger charge is 2.34. The number of amides is 1. The predicted molar refractivity (Wildman–Crippen MR) is 96.8 cm³/mol. The van der Waals surface area contributed by atoms with Gasteiger partial charge in [-0.3, -0.25) is 9.69 Å². The molecular weight excluding hydrogens is 371 g/mol. The number of piperazine rings is 1. The minimum Gasteiger partial charge on any atom is -0.360 e. The molecule has 0 bridgehead atoms. The molecule has 8 heteroatoms. The van der Waals surface area contributed by atoms with Gasteiger partial charge >= 0.3 is 6.18 Å². The highest BCUT2D eigenvalue weighted by molar-refractivity contribution is 6.00. The number of nitrogens with zero attached hydrogens (tertiary/aromatic N) is 3. The van der Waals surface area contributed by atoms with Crippen molar-refractivity contribution in [3.63, 3.8) is 0 Å². The van der Waals surface area contributed by atoms with Crippen molar-refractivity contribution in [3.05, 3.63) is 41.2 Å². The van der Waals surface area contributed by atoms with Crippen LogP contribution >= 0.6 is 0 Å². The molecule has 1 aromatic heterocycles. The lowest BCUT2D eigenvalue weighted by Crippen LogP contribution is -2.56. The topological polar surface area (TPSA) is 49.6 Å². The molecule has 1 amide bonds. The standard InChI is InChI=1S/C20H22F3N3O2/c1-13-17(19(27)26-11-10-25-9-3-2-4-16(25)12-26)18(24-28-13)14-5-7-15(8-6-14)20(21,22)23/h5-8,16H,2-4,9-12H2,1H3. The molecule has 0 radical (unpaired) electrons. The summed E-state index contributed by atoms with van der Waals surface area (Å²) in [5, 5.41) is 3.96. The number of aryl methyl sites for hydroxylation is 1. The van der Waals surface area contributed by atoms with E-state index in [0.29, 0.717) is 41.7 Å². The molecule has 28 heavy (non-hydrogen) atoms. The molecule has 1 unspecified atom stereocenters. The van der Waals surface area contributed by atoms with Gasteiger partial charge in [-0.25, -0.2) is 0 Å². The van der Waals surface area contributed by atoms with Crippen LogP contribution in [0.2, 0.25) is 0 Å². The predicted octanol–water partition coefficient (Wildman–Crippen LogP) is 3.98. The second-order valence-electron chi connectivity index (χ2n) is 7.47. The molecular formula is C20H22F3N3O2. The Labute approximate surface area is 161 Å². The second-order valence-corrected chi connectivity index (χ2v) is 7.47. The number of carbonyl (C=O) groups excluding carboxylic acids is 1. The van der Waals surface area contributed by atoms with Crippen LogP contribution in [0.3, 0.4) is 0 Å². The van der Waals surface area contributed by atoms with Gasteiger partial charge < -0.3 is 9.42 Å². The molecule has 3 heterocycles. The van der Waals surface area contributed by atoms with Crippen molar-refractivity contribution in [1.29, 1.82) is 0 Å². The summed E-state index contributed by atoms with van der Waals surface area (Å²) in [5.41, 5.74) is 0.327. The molecule has 4 rings (SSSR count). The zero-order valence-electron chi connectivity index (χ0n) is 15.6. The second kappa shape index (κ2) is 7.24. The first-order chi connectivity index (χ1) is 13.3. The Hall–Kier alpha value is -2.35. The highest BCUT2D eigenvalue weighted by Crippen LogP contribution is 2.33. The Morgan fingerprint density at radius 2 is 1.89 bits per heavy atom. The number of carbonyl (C=O) groups is 1. The van der Waals surface area contributed by atoms with Crippen LogP contribution in [0.5, 0.6) is 0 Å². The Kier molecular flexibility index (Phi) is 4.91. The Bertz CT molecular complexity index is 861. The van der Waals surface area contributed by atoms with Crippen molar-refractivity contribution in [2.45, 2.75) is 38.4 Å². The number of fused-ring (bicyclic) bond motifs is 1. The summed E-state index contributed by atoms with van der Waals surface area (Å²) in [4.78, 5) is 17.5. The summed E-state index contributed by atoms with van der Waals surface area (Å²) >= 11 is 0. The smallest absolute Gasteiger partial charge is 0.360 e. The van der Waals surface area contributed by atoms with Crippen molar-refractivity contribution < 1.29 is 22.5 Å². The molecule has 1 atom stereocenters. The average Bonchev–Trinajstić information content (AvgIpc) is 3.08. The number of hydrogen-bond acceptors (Lipinski definition) is 4. The molecule has 2 aromatic rings. The van der Waals surface area contributed by atoms with E-state index in [1.165, 1.54) is 25.0 Å². The normalized spacial score (nSPS) is 20.9. The fourth-order valence-corrected chi connectivity index (χ4v) is 4.14. The largest absolute Gasteiger partial charge is 0.416 e. The van der Waals surface area contributed by atoms with Crippen molar-refractivity contribution in [1.82, 2.24) is 15.0 Å². The Balaban J connectivity index is 1.59. The third-order valence-corrected chi connectivity index (χ3v) is 5.69. The summed E-state index contributed by atoms with van der Waals surface area (Å²) in [5.74, 6) is 0.213. The third-order valence-electron chi connectivity index (χ3n) is 5.69. The number of aromatic nitrogens is 1. The molecule has 0 N–H and O–H groups in total. The van der Waals surface area contributed by atoms with Crippen LogP contribution in [0, 0.1) is 6.92 Å². The molecule has 0 spiro atoms. The van der Waals surface area contributed by atoms with Gasteiger partial charge in [-0.15, -0.1) is 0 Å². The highest BCUT2D eigenvalue weighted by atomic mass is 19.4. The summed E-state index contributed by atoms with van der Waals surface area (Å²) < 4.78 is 43.7. The van der Waals surface area contributed by atoms with Crippen LogP contribution in [0.1, 0.15) is 40.9 Å². The lowest BCUT2D eigenvalue weighted by Gasteiger charge is -2.44. The lowest BCUT2D eigenvalue weighted by atomic mass is 9.98. The van der Waals surface area contributed by atoms with E-state index in [2.05, 4.69) is 10.1 Å². The number of halogens is 3. The number of hydrogen-bond donors (Lipinski definition) is 0. The molecule has 0 saturated carbocycles. The zero-order valence-corrected chi connectivity index (χ0v) is 15.6. The maximum atomic E-state index is 13.2. The number of rotatable bonds is 2. The minimum absolute atomic E-state index is 0.168. The van der Waals surface area contributed by atoms with Gasteiger partial charge in [-0.2, -0.15) is 13.2 Å². The van der Waals surface area contributed by atoms with Gasteiger partial charge in [0.15, 0.2) is 0 Å². The molecule has 2 fully saturated rings. The van der Waals surface area contributed by atoms with Crippen molar-refractivity contribution in [3.8, 4) is 11.3 Å². The fraction of sp³-hybridized carbons (Fsp3) is 0.500. The van der Waals surface area contributed by atoms with Gasteiger partial charge in [0, 0.05) is 31.2 Å². The van der Waals surface area contributed by atoms with E-state index in [1.54, 1.807) is 6.92 Å². The Morgan fingerprint density at radius 1 is 1.14 bits per heavy atom. The van der Waals surface area contributed by atoms with E-state index in [-0.39, 0.29) is 5.91 Å². The van der Waals surface area contributed by atoms with Gasteiger partial charge in [0.05, 0.1) is 5.56 Å². The first kappa shape index (κ1) is 19.0. The molecule has 2 saturated heterocycles. The van der Waals surface area contributed by atoms with Crippen molar-refractivity contribution in [2.24, 2.45) is 0 Å². The minimum atomic E-state index is -4.41. The van der Waals surface area contributed by atoms with Crippen LogP contribution in [-0.2, 0) is 6.18 Å². The van der Waals surface area contributed by atoms with E-state index in [9.17, 15) is 18.0 Å². The monoisotopic (exact) mass is 393 g/mol. The van der Waals surface area contributed by atoms with Crippen molar-refractivity contribution >= 4 is 5.91 Å². The van der Waals surface area contributed by atoms with Crippen LogP contribution in [0.15, 0.2) is 28.8 Å². The van der Waals surface area contributed by atoms with E-state index in [1.807, 2.05) is 4.90 Å². The molecule has 0 aliphatic carbocycles. The Morgan fingerprint density at radius 3 is 2.61 bits per heavy atom. The summed E-state index contributed by atoms with van der Waals surface area (Å²) in [6.07, 6.45) is -0.950. The van der Waals surface area contributed by atoms with Gasteiger partial charge in [-0.05, 0) is 38.4 Å². The van der Waals surface area contributed by atoms with E-state index in [4.69, 9.17) is 4.52 Å². The summed E-state index contributed by atoms with van der Waals surface area (Å²) in [6.45, 7) is 4.87. The summed E-state index contributed by atoms with van der Waals surface area (Å²) in [7, 11) is 0. The van der Waals surface area contributed by atoms with E-state index in [0.717, 1.165) is 31.6 Å². The fourth-order valence-electron chi connectivity index (χ4n) is 4.14. The number of piperidine rings is 1. The number of alkyl halides is 3. The number of benzene rings is 1. The molecule has 150 valence electrons. The maximum Gasteiger partial charge on any atom is 0.416 e. The zero-order chi connectivity index (χ0) is 19.9. The lowest BCUT2D eigenvalue weighted by molar-refractivity contribution is -0.137. The van der Waals surface area contributed by atoms with E-state index < -0.39 is 11.7 Å². The van der Waals surface area contributed by atoms with Crippen LogP contribution < -0.4 is 0 Å².